The average molecular weight is 228 g/mol. The summed E-state index contributed by atoms with van der Waals surface area (Å²) in [6, 6.07) is 8.47. The molecule has 1 fully saturated rings. The minimum Gasteiger partial charge on any atom is -0.368 e. The second-order valence-electron chi connectivity index (χ2n) is 4.73. The third-order valence-electron chi connectivity index (χ3n) is 3.75. The highest BCUT2D eigenvalue weighted by molar-refractivity contribution is 5.80. The van der Waals surface area contributed by atoms with Crippen LogP contribution < -0.4 is 5.73 Å². The summed E-state index contributed by atoms with van der Waals surface area (Å²) in [5.41, 5.74) is 8.02. The Labute approximate surface area is 101 Å². The number of benzene rings is 1. The Kier molecular flexibility index (Phi) is 2.48. The predicted molar refractivity (Wildman–Crippen MR) is 67.1 cm³/mol. The maximum absolute atomic E-state index is 11.4. The molecule has 1 aliphatic carbocycles. The number of hydrogen-bond donors (Lipinski definition) is 1. The van der Waals surface area contributed by atoms with Gasteiger partial charge >= 0.3 is 0 Å². The molecule has 17 heavy (non-hydrogen) atoms. The van der Waals surface area contributed by atoms with Crippen LogP contribution in [-0.2, 0) is 4.79 Å². The number of hydrogen-bond acceptors (Lipinski definition) is 2. The molecule has 0 radical (unpaired) electrons. The number of rotatable bonds is 2. The van der Waals surface area contributed by atoms with E-state index in [2.05, 4.69) is 29.2 Å². The van der Waals surface area contributed by atoms with Crippen LogP contribution in [0.3, 0.4) is 0 Å². The number of amides is 1. The molecular formula is C14H16N2O. The predicted octanol–water partition coefficient (Wildman–Crippen LogP) is 1.70. The number of primary amides is 1. The monoisotopic (exact) mass is 228 g/mol. The molecule has 1 amide bonds. The van der Waals surface area contributed by atoms with Gasteiger partial charge in [0, 0.05) is 0 Å². The quantitative estimate of drug-likeness (QED) is 0.837. The number of carbonyl (C=O) groups excluding carboxylic acids is 1. The van der Waals surface area contributed by atoms with Gasteiger partial charge in [0.2, 0.25) is 5.91 Å². The van der Waals surface area contributed by atoms with Crippen LogP contribution in [0.1, 0.15) is 30.0 Å². The Morgan fingerprint density at radius 1 is 1.35 bits per heavy atom. The summed E-state index contributed by atoms with van der Waals surface area (Å²) in [7, 11) is 0. The van der Waals surface area contributed by atoms with Crippen LogP contribution in [0.25, 0.3) is 6.08 Å². The summed E-state index contributed by atoms with van der Waals surface area (Å²) in [6.45, 7) is 0.955. The van der Waals surface area contributed by atoms with E-state index in [9.17, 15) is 4.79 Å². The highest BCUT2D eigenvalue weighted by Gasteiger charge is 2.35. The molecule has 88 valence electrons. The topological polar surface area (TPSA) is 46.3 Å². The van der Waals surface area contributed by atoms with Gasteiger partial charge in [-0.05, 0) is 30.5 Å². The van der Waals surface area contributed by atoms with Crippen molar-refractivity contribution in [2.45, 2.75) is 24.9 Å². The minimum atomic E-state index is -0.194. The van der Waals surface area contributed by atoms with Crippen molar-refractivity contribution >= 4 is 12.0 Å². The molecule has 2 aliphatic rings. The third-order valence-corrected chi connectivity index (χ3v) is 3.75. The molecule has 0 spiro atoms. The van der Waals surface area contributed by atoms with Crippen LogP contribution in [0.2, 0.25) is 0 Å². The van der Waals surface area contributed by atoms with Crippen LogP contribution in [0.5, 0.6) is 0 Å². The summed E-state index contributed by atoms with van der Waals surface area (Å²) >= 11 is 0. The standard InChI is InChI=1S/C14H16N2O/c15-14(17)13-6-3-9-16(13)12-8-7-10-4-1-2-5-11(10)12/h1-2,4-5,7-8,12-13H,3,6,9H2,(H2,15,17). The molecule has 1 heterocycles. The molecule has 3 rings (SSSR count). The van der Waals surface area contributed by atoms with Crippen LogP contribution in [-0.4, -0.2) is 23.4 Å². The van der Waals surface area contributed by atoms with E-state index in [4.69, 9.17) is 5.73 Å². The first-order valence-corrected chi connectivity index (χ1v) is 6.09. The third kappa shape index (κ3) is 1.67. The average Bonchev–Trinajstić information content (AvgIpc) is 2.94. The zero-order chi connectivity index (χ0) is 11.8. The highest BCUT2D eigenvalue weighted by atomic mass is 16.1. The zero-order valence-corrected chi connectivity index (χ0v) is 9.67. The van der Waals surface area contributed by atoms with Gasteiger partial charge in [-0.2, -0.15) is 0 Å². The molecular weight excluding hydrogens is 212 g/mol. The fourth-order valence-electron chi connectivity index (χ4n) is 2.95. The first-order valence-electron chi connectivity index (χ1n) is 6.09. The summed E-state index contributed by atoms with van der Waals surface area (Å²) in [6.07, 6.45) is 6.25. The first kappa shape index (κ1) is 10.5. The zero-order valence-electron chi connectivity index (χ0n) is 9.67. The van der Waals surface area contributed by atoms with Crippen molar-refractivity contribution in [1.82, 2.24) is 4.90 Å². The lowest BCUT2D eigenvalue weighted by Crippen LogP contribution is -2.41. The molecule has 2 N–H and O–H groups in total. The summed E-state index contributed by atoms with van der Waals surface area (Å²) in [5, 5.41) is 0. The molecule has 1 saturated heterocycles. The summed E-state index contributed by atoms with van der Waals surface area (Å²) in [5.74, 6) is -0.194. The fraction of sp³-hybridized carbons (Fsp3) is 0.357. The van der Waals surface area contributed by atoms with E-state index in [0.717, 1.165) is 19.4 Å². The van der Waals surface area contributed by atoms with Gasteiger partial charge in [-0.3, -0.25) is 9.69 Å². The van der Waals surface area contributed by atoms with Crippen molar-refractivity contribution in [2.24, 2.45) is 5.73 Å². The molecule has 0 saturated carbocycles. The first-order chi connectivity index (χ1) is 8.27. The van der Waals surface area contributed by atoms with E-state index in [1.54, 1.807) is 0 Å². The number of likely N-dealkylation sites (tertiary alicyclic amines) is 1. The fourth-order valence-corrected chi connectivity index (χ4v) is 2.95. The van der Waals surface area contributed by atoms with Crippen LogP contribution in [0.4, 0.5) is 0 Å². The molecule has 1 aromatic rings. The molecule has 3 heteroatoms. The van der Waals surface area contributed by atoms with E-state index >= 15 is 0 Å². The van der Waals surface area contributed by atoms with Gasteiger partial charge in [-0.25, -0.2) is 0 Å². The van der Waals surface area contributed by atoms with Crippen LogP contribution in [0, 0.1) is 0 Å². The Morgan fingerprint density at radius 3 is 3.00 bits per heavy atom. The van der Waals surface area contributed by atoms with Gasteiger partial charge in [-0.1, -0.05) is 36.4 Å². The number of nitrogens with zero attached hydrogens (tertiary/aromatic N) is 1. The van der Waals surface area contributed by atoms with Gasteiger partial charge < -0.3 is 5.73 Å². The second-order valence-corrected chi connectivity index (χ2v) is 4.73. The highest BCUT2D eigenvalue weighted by Crippen LogP contribution is 2.36. The number of fused-ring (bicyclic) bond motifs is 1. The Morgan fingerprint density at radius 2 is 2.18 bits per heavy atom. The van der Waals surface area contributed by atoms with E-state index in [1.165, 1.54) is 11.1 Å². The summed E-state index contributed by atoms with van der Waals surface area (Å²) < 4.78 is 0. The molecule has 2 atom stereocenters. The maximum Gasteiger partial charge on any atom is 0.234 e. The van der Waals surface area contributed by atoms with Crippen LogP contribution in [0.15, 0.2) is 30.3 Å². The van der Waals surface area contributed by atoms with Crippen molar-refractivity contribution in [1.29, 1.82) is 0 Å². The minimum absolute atomic E-state index is 0.101. The van der Waals surface area contributed by atoms with Crippen LogP contribution >= 0.6 is 0 Å². The smallest absolute Gasteiger partial charge is 0.234 e. The Hall–Kier alpha value is -1.61. The molecule has 0 aromatic heterocycles. The van der Waals surface area contributed by atoms with Gasteiger partial charge in [0.1, 0.15) is 0 Å². The largest absolute Gasteiger partial charge is 0.368 e. The molecule has 1 aromatic carbocycles. The van der Waals surface area contributed by atoms with Gasteiger partial charge in [0.05, 0.1) is 12.1 Å². The van der Waals surface area contributed by atoms with Crippen molar-refractivity contribution in [3.05, 3.63) is 41.5 Å². The van der Waals surface area contributed by atoms with Crippen molar-refractivity contribution < 1.29 is 4.79 Å². The lowest BCUT2D eigenvalue weighted by atomic mass is 10.0. The van der Waals surface area contributed by atoms with Gasteiger partial charge in [0.25, 0.3) is 0 Å². The summed E-state index contributed by atoms with van der Waals surface area (Å²) in [4.78, 5) is 13.7. The van der Waals surface area contributed by atoms with E-state index in [-0.39, 0.29) is 18.0 Å². The lowest BCUT2D eigenvalue weighted by Gasteiger charge is -2.28. The number of carbonyl (C=O) groups is 1. The van der Waals surface area contributed by atoms with E-state index in [1.807, 2.05) is 12.1 Å². The molecule has 1 aliphatic heterocycles. The van der Waals surface area contributed by atoms with Crippen molar-refractivity contribution in [2.75, 3.05) is 6.54 Å². The van der Waals surface area contributed by atoms with Gasteiger partial charge in [-0.15, -0.1) is 0 Å². The molecule has 0 bridgehead atoms. The van der Waals surface area contributed by atoms with E-state index < -0.39 is 0 Å². The molecule has 3 nitrogen and oxygen atoms in total. The normalized spacial score (nSPS) is 27.3. The molecule has 2 unspecified atom stereocenters. The maximum atomic E-state index is 11.4. The second kappa shape index (κ2) is 4.00. The Bertz CT molecular complexity index is 481. The lowest BCUT2D eigenvalue weighted by molar-refractivity contribution is -0.122. The Balaban J connectivity index is 1.92. The van der Waals surface area contributed by atoms with Crippen molar-refractivity contribution in [3.63, 3.8) is 0 Å². The number of nitrogens with two attached hydrogens (primary N) is 1. The van der Waals surface area contributed by atoms with Crippen molar-refractivity contribution in [3.8, 4) is 0 Å². The SMILES string of the molecule is NC(=O)C1CCCN1C1C=Cc2ccccc21. The van der Waals surface area contributed by atoms with E-state index in [0.29, 0.717) is 0 Å². The van der Waals surface area contributed by atoms with Gasteiger partial charge in [0.15, 0.2) is 0 Å².